The fourth-order valence-electron chi connectivity index (χ4n) is 1.81. The van der Waals surface area contributed by atoms with Crippen LogP contribution in [0.25, 0.3) is 0 Å². The standard InChI is InChI=1S/C14H15ClO2/c1-9-6-13(17-10(9)2)8-11-7-12(15)4-5-14(11)16-3/h4-7H,8H2,1-3H3. The molecule has 0 aliphatic rings. The summed E-state index contributed by atoms with van der Waals surface area (Å²) >= 11 is 5.99. The van der Waals surface area contributed by atoms with Gasteiger partial charge in [-0.25, -0.2) is 0 Å². The van der Waals surface area contributed by atoms with Crippen molar-refractivity contribution in [2.24, 2.45) is 0 Å². The second kappa shape index (κ2) is 4.84. The first-order valence-electron chi connectivity index (χ1n) is 5.48. The molecule has 1 heterocycles. The Morgan fingerprint density at radius 3 is 2.59 bits per heavy atom. The fraction of sp³-hybridized carbons (Fsp3) is 0.286. The van der Waals surface area contributed by atoms with E-state index in [1.807, 2.05) is 32.0 Å². The van der Waals surface area contributed by atoms with Crippen molar-refractivity contribution in [2.75, 3.05) is 7.11 Å². The SMILES string of the molecule is COc1ccc(Cl)cc1Cc1cc(C)c(C)o1. The lowest BCUT2D eigenvalue weighted by atomic mass is 10.1. The molecule has 2 aromatic rings. The molecule has 1 aromatic carbocycles. The average molecular weight is 251 g/mol. The van der Waals surface area contributed by atoms with Gasteiger partial charge in [-0.05, 0) is 43.7 Å². The van der Waals surface area contributed by atoms with Gasteiger partial charge in [-0.1, -0.05) is 11.6 Å². The van der Waals surface area contributed by atoms with Crippen LogP contribution in [0.2, 0.25) is 5.02 Å². The molecular formula is C14H15ClO2. The van der Waals surface area contributed by atoms with Gasteiger partial charge < -0.3 is 9.15 Å². The van der Waals surface area contributed by atoms with Gasteiger partial charge >= 0.3 is 0 Å². The predicted molar refractivity (Wildman–Crippen MR) is 69.0 cm³/mol. The zero-order valence-electron chi connectivity index (χ0n) is 10.2. The highest BCUT2D eigenvalue weighted by Gasteiger charge is 2.09. The zero-order valence-corrected chi connectivity index (χ0v) is 11.0. The van der Waals surface area contributed by atoms with Crippen molar-refractivity contribution in [3.05, 3.63) is 51.9 Å². The Morgan fingerprint density at radius 2 is 2.00 bits per heavy atom. The first kappa shape index (κ1) is 12.1. The molecule has 3 heteroatoms. The van der Waals surface area contributed by atoms with Crippen molar-refractivity contribution < 1.29 is 9.15 Å². The summed E-state index contributed by atoms with van der Waals surface area (Å²) in [7, 11) is 1.66. The Balaban J connectivity index is 2.31. The normalized spacial score (nSPS) is 10.6. The van der Waals surface area contributed by atoms with E-state index < -0.39 is 0 Å². The van der Waals surface area contributed by atoms with Crippen LogP contribution in [0, 0.1) is 13.8 Å². The molecule has 0 atom stereocenters. The summed E-state index contributed by atoms with van der Waals surface area (Å²) in [6, 6.07) is 7.66. The minimum Gasteiger partial charge on any atom is -0.496 e. The topological polar surface area (TPSA) is 22.4 Å². The van der Waals surface area contributed by atoms with Gasteiger partial charge in [0.05, 0.1) is 7.11 Å². The summed E-state index contributed by atoms with van der Waals surface area (Å²) in [6.07, 6.45) is 0.693. The van der Waals surface area contributed by atoms with E-state index in [0.29, 0.717) is 11.4 Å². The highest BCUT2D eigenvalue weighted by Crippen LogP contribution is 2.26. The Bertz CT molecular complexity index is 510. The lowest BCUT2D eigenvalue weighted by molar-refractivity contribution is 0.408. The van der Waals surface area contributed by atoms with Crippen molar-refractivity contribution in [3.63, 3.8) is 0 Å². The smallest absolute Gasteiger partial charge is 0.122 e. The molecule has 0 N–H and O–H groups in total. The summed E-state index contributed by atoms with van der Waals surface area (Å²) in [6.45, 7) is 4.01. The van der Waals surface area contributed by atoms with E-state index in [1.165, 1.54) is 5.56 Å². The van der Waals surface area contributed by atoms with E-state index in [1.54, 1.807) is 7.11 Å². The van der Waals surface area contributed by atoms with Crippen molar-refractivity contribution in [2.45, 2.75) is 20.3 Å². The summed E-state index contributed by atoms with van der Waals surface area (Å²) in [4.78, 5) is 0. The van der Waals surface area contributed by atoms with Crippen LogP contribution in [0.4, 0.5) is 0 Å². The zero-order chi connectivity index (χ0) is 12.4. The number of rotatable bonds is 3. The molecule has 0 aliphatic carbocycles. The van der Waals surface area contributed by atoms with Crippen LogP contribution >= 0.6 is 11.6 Å². The van der Waals surface area contributed by atoms with Crippen molar-refractivity contribution in [3.8, 4) is 5.75 Å². The molecule has 0 saturated carbocycles. The predicted octanol–water partition coefficient (Wildman–Crippen LogP) is 4.15. The highest BCUT2D eigenvalue weighted by atomic mass is 35.5. The number of furan rings is 1. The largest absolute Gasteiger partial charge is 0.496 e. The van der Waals surface area contributed by atoms with Gasteiger partial charge in [0.15, 0.2) is 0 Å². The summed E-state index contributed by atoms with van der Waals surface area (Å²) < 4.78 is 11.0. The van der Waals surface area contributed by atoms with Crippen LogP contribution in [-0.2, 0) is 6.42 Å². The molecule has 2 rings (SSSR count). The van der Waals surface area contributed by atoms with Gasteiger partial charge in [0.2, 0.25) is 0 Å². The molecule has 0 amide bonds. The van der Waals surface area contributed by atoms with E-state index in [2.05, 4.69) is 6.07 Å². The lowest BCUT2D eigenvalue weighted by Crippen LogP contribution is -1.92. The number of aryl methyl sites for hydroxylation is 2. The number of hydrogen-bond donors (Lipinski definition) is 0. The van der Waals surface area contributed by atoms with Crippen LogP contribution < -0.4 is 4.74 Å². The van der Waals surface area contributed by atoms with Crippen LogP contribution in [0.1, 0.15) is 22.6 Å². The fourth-order valence-corrected chi connectivity index (χ4v) is 2.00. The van der Waals surface area contributed by atoms with Gasteiger partial charge in [0.25, 0.3) is 0 Å². The second-order valence-corrected chi connectivity index (χ2v) is 4.52. The van der Waals surface area contributed by atoms with E-state index in [9.17, 15) is 0 Å². The molecule has 0 fully saturated rings. The molecule has 0 bridgehead atoms. The number of halogens is 1. The van der Waals surface area contributed by atoms with Crippen LogP contribution in [0.3, 0.4) is 0 Å². The maximum absolute atomic E-state index is 5.99. The van der Waals surface area contributed by atoms with E-state index in [0.717, 1.165) is 22.8 Å². The molecule has 0 spiro atoms. The maximum Gasteiger partial charge on any atom is 0.122 e. The molecule has 0 radical (unpaired) electrons. The minimum absolute atomic E-state index is 0.693. The number of hydrogen-bond acceptors (Lipinski definition) is 2. The third kappa shape index (κ3) is 2.64. The highest BCUT2D eigenvalue weighted by molar-refractivity contribution is 6.30. The summed E-state index contributed by atoms with van der Waals surface area (Å²) in [5, 5.41) is 0.709. The van der Waals surface area contributed by atoms with Gasteiger partial charge in [-0.2, -0.15) is 0 Å². The Morgan fingerprint density at radius 1 is 1.24 bits per heavy atom. The molecule has 0 saturated heterocycles. The first-order valence-corrected chi connectivity index (χ1v) is 5.86. The van der Waals surface area contributed by atoms with Gasteiger partial charge in [-0.3, -0.25) is 0 Å². The van der Waals surface area contributed by atoms with Crippen LogP contribution in [-0.4, -0.2) is 7.11 Å². The van der Waals surface area contributed by atoms with Crippen molar-refractivity contribution in [1.29, 1.82) is 0 Å². The number of ether oxygens (including phenoxy) is 1. The molecule has 90 valence electrons. The summed E-state index contributed by atoms with van der Waals surface area (Å²) in [5.41, 5.74) is 2.20. The summed E-state index contributed by atoms with van der Waals surface area (Å²) in [5.74, 6) is 2.72. The van der Waals surface area contributed by atoms with E-state index in [-0.39, 0.29) is 0 Å². The molecule has 1 aromatic heterocycles. The molecule has 2 nitrogen and oxygen atoms in total. The number of benzene rings is 1. The Hall–Kier alpha value is -1.41. The second-order valence-electron chi connectivity index (χ2n) is 4.08. The Labute approximate surface area is 106 Å². The molecule has 17 heavy (non-hydrogen) atoms. The molecule has 0 unspecified atom stereocenters. The molecular weight excluding hydrogens is 236 g/mol. The first-order chi connectivity index (χ1) is 8.10. The quantitative estimate of drug-likeness (QED) is 0.817. The monoisotopic (exact) mass is 250 g/mol. The van der Waals surface area contributed by atoms with Gasteiger partial charge in [-0.15, -0.1) is 0 Å². The third-order valence-corrected chi connectivity index (χ3v) is 3.06. The number of methoxy groups -OCH3 is 1. The lowest BCUT2D eigenvalue weighted by Gasteiger charge is -2.07. The van der Waals surface area contributed by atoms with Crippen molar-refractivity contribution in [1.82, 2.24) is 0 Å². The molecule has 0 aliphatic heterocycles. The van der Waals surface area contributed by atoms with Crippen molar-refractivity contribution >= 4 is 11.6 Å². The van der Waals surface area contributed by atoms with E-state index in [4.69, 9.17) is 20.8 Å². The Kier molecular flexibility index (Phi) is 3.43. The third-order valence-electron chi connectivity index (χ3n) is 2.82. The van der Waals surface area contributed by atoms with Gasteiger partial charge in [0, 0.05) is 17.0 Å². The minimum atomic E-state index is 0.693. The van der Waals surface area contributed by atoms with E-state index >= 15 is 0 Å². The average Bonchev–Trinajstić information content (AvgIpc) is 2.58. The maximum atomic E-state index is 5.99. The van der Waals surface area contributed by atoms with Crippen LogP contribution in [0.5, 0.6) is 5.75 Å². The van der Waals surface area contributed by atoms with Gasteiger partial charge in [0.1, 0.15) is 17.3 Å². The van der Waals surface area contributed by atoms with Crippen LogP contribution in [0.15, 0.2) is 28.7 Å².